The van der Waals surface area contributed by atoms with Crippen molar-refractivity contribution in [1.82, 2.24) is 0 Å². The number of hydrogen-bond acceptors (Lipinski definition) is 9. The van der Waals surface area contributed by atoms with Crippen molar-refractivity contribution in [2.45, 2.75) is 83.4 Å². The fraction of sp³-hybridized carbons (Fsp3) is 0.488. The van der Waals surface area contributed by atoms with Crippen molar-refractivity contribution in [2.75, 3.05) is 13.7 Å². The van der Waals surface area contributed by atoms with E-state index in [1.54, 1.807) is 61.1 Å². The molecule has 11 atom stereocenters. The van der Waals surface area contributed by atoms with Crippen LogP contribution in [0.5, 0.6) is 0 Å². The summed E-state index contributed by atoms with van der Waals surface area (Å²) < 4.78 is 37.8. The van der Waals surface area contributed by atoms with E-state index in [9.17, 15) is 14.4 Å². The van der Waals surface area contributed by atoms with Crippen LogP contribution in [0, 0.1) is 28.1 Å². The lowest BCUT2D eigenvalue weighted by Gasteiger charge is -2.65. The van der Waals surface area contributed by atoms with Crippen LogP contribution in [0.3, 0.4) is 0 Å². The number of methoxy groups -OCH3 is 1. The first-order valence-electron chi connectivity index (χ1n) is 17.6. The molecule has 2 aromatic carbocycles. The maximum absolute atomic E-state index is 13.9. The van der Waals surface area contributed by atoms with Crippen LogP contribution in [0.15, 0.2) is 94.8 Å². The fourth-order valence-corrected chi connectivity index (χ4v) is 11.0. The molecular weight excluding hydrogens is 636 g/mol. The maximum Gasteiger partial charge on any atom is 0.338 e. The monoisotopic (exact) mass is 680 g/mol. The standard InChI is InChI=1S/C41H44O9/c1-23-27(26-16-17-46-21-26)18-28-33(23)41(4)29(19-32(42)45-5)40(3)31(50-38(44)25-14-10-7-11-15-25)20-30(49-37(43)24-12-8-6-9-13-24)39(2)22-47-34(35(39)40)36(41)48-28/h6-17,21,27-31,34-36H,18-20,22H2,1-5H3/t27-,28-,29-,30-,31+,34-,35+,36-,39-,40+,41-/m1/s1. The van der Waals surface area contributed by atoms with Gasteiger partial charge in [0, 0.05) is 40.9 Å². The number of benzene rings is 2. The van der Waals surface area contributed by atoms with Crippen LogP contribution in [0.25, 0.3) is 0 Å². The molecule has 4 fully saturated rings. The van der Waals surface area contributed by atoms with Gasteiger partial charge in [0.15, 0.2) is 0 Å². The van der Waals surface area contributed by atoms with E-state index in [0.717, 1.165) is 12.0 Å². The van der Waals surface area contributed by atoms with Crippen molar-refractivity contribution in [2.24, 2.45) is 28.1 Å². The summed E-state index contributed by atoms with van der Waals surface area (Å²) in [7, 11) is 1.41. The molecule has 9 nitrogen and oxygen atoms in total. The summed E-state index contributed by atoms with van der Waals surface area (Å²) in [5.74, 6) is -1.79. The topological polar surface area (TPSA) is 111 Å². The number of furan rings is 1. The molecule has 3 aromatic rings. The minimum atomic E-state index is -0.811. The van der Waals surface area contributed by atoms with E-state index >= 15 is 0 Å². The molecule has 262 valence electrons. The third-order valence-electron chi connectivity index (χ3n) is 13.2. The second-order valence-corrected chi connectivity index (χ2v) is 15.5. The van der Waals surface area contributed by atoms with Gasteiger partial charge in [-0.1, -0.05) is 62.7 Å². The van der Waals surface area contributed by atoms with E-state index in [2.05, 4.69) is 27.7 Å². The number of esters is 3. The summed E-state index contributed by atoms with van der Waals surface area (Å²) in [5, 5.41) is 0. The Morgan fingerprint density at radius 2 is 1.50 bits per heavy atom. The van der Waals surface area contributed by atoms with Crippen molar-refractivity contribution >= 4 is 17.9 Å². The quantitative estimate of drug-likeness (QED) is 0.149. The Morgan fingerprint density at radius 1 is 0.860 bits per heavy atom. The molecule has 0 radical (unpaired) electrons. The summed E-state index contributed by atoms with van der Waals surface area (Å²) in [5.41, 5.74) is 2.22. The predicted octanol–water partition coefficient (Wildman–Crippen LogP) is 6.93. The molecule has 0 amide bonds. The average molecular weight is 681 g/mol. The van der Waals surface area contributed by atoms with Crippen LogP contribution >= 0.6 is 0 Å². The lowest BCUT2D eigenvalue weighted by Crippen LogP contribution is -2.71. The fourth-order valence-electron chi connectivity index (χ4n) is 11.0. The predicted molar refractivity (Wildman–Crippen MR) is 181 cm³/mol. The van der Waals surface area contributed by atoms with Crippen LogP contribution in [0.4, 0.5) is 0 Å². The average Bonchev–Trinajstić information content (AvgIpc) is 3.91. The Bertz CT molecular complexity index is 1820. The van der Waals surface area contributed by atoms with Crippen LogP contribution in [0.1, 0.15) is 79.2 Å². The number of carbonyl (C=O) groups is 3. The third-order valence-corrected chi connectivity index (χ3v) is 13.2. The van der Waals surface area contributed by atoms with Gasteiger partial charge in [-0.2, -0.15) is 0 Å². The first-order chi connectivity index (χ1) is 24.0. The number of fused-ring (bicyclic) bond motifs is 4. The molecule has 3 heterocycles. The van der Waals surface area contributed by atoms with Crippen molar-refractivity contribution < 1.29 is 42.5 Å². The van der Waals surface area contributed by atoms with E-state index < -0.39 is 46.5 Å². The van der Waals surface area contributed by atoms with E-state index in [4.69, 9.17) is 28.1 Å². The van der Waals surface area contributed by atoms with Crippen LogP contribution in [-0.2, 0) is 28.5 Å². The molecule has 0 spiro atoms. The minimum absolute atomic E-state index is 0.0936. The Balaban J connectivity index is 1.27. The Kier molecular flexibility index (Phi) is 7.88. The summed E-state index contributed by atoms with van der Waals surface area (Å²) in [6.07, 6.45) is 2.25. The molecule has 0 bridgehead atoms. The van der Waals surface area contributed by atoms with Gasteiger partial charge in [0.1, 0.15) is 12.2 Å². The lowest BCUT2D eigenvalue weighted by molar-refractivity contribution is -0.242. The van der Waals surface area contributed by atoms with Crippen LogP contribution in [-0.4, -0.2) is 62.1 Å². The van der Waals surface area contributed by atoms with Crippen molar-refractivity contribution in [3.63, 3.8) is 0 Å². The van der Waals surface area contributed by atoms with Crippen molar-refractivity contribution in [3.8, 4) is 0 Å². The van der Waals surface area contributed by atoms with Crippen molar-refractivity contribution in [1.29, 1.82) is 0 Å². The number of allylic oxidation sites excluding steroid dienone is 1. The highest BCUT2D eigenvalue weighted by Crippen LogP contribution is 2.74. The van der Waals surface area contributed by atoms with E-state index in [0.29, 0.717) is 17.7 Å². The SMILES string of the molecule is COC(=O)C[C@H]1[C@]2(C)C3=C(C)[C@H](c4ccoc4)C[C@H]3O[C@@H]2[C@@H]2OC[C@]3(C)[C@H](OC(=O)c4ccccc4)C[C@H](OC(=O)c4ccccc4)[C@@]1(C)[C@@H]23. The largest absolute Gasteiger partial charge is 0.472 e. The molecule has 5 aliphatic rings. The van der Waals surface area contributed by atoms with Gasteiger partial charge in [-0.3, -0.25) is 4.79 Å². The smallest absolute Gasteiger partial charge is 0.338 e. The maximum atomic E-state index is 13.9. The molecule has 2 aliphatic heterocycles. The molecule has 0 N–H and O–H groups in total. The summed E-state index contributed by atoms with van der Waals surface area (Å²) >= 11 is 0. The minimum Gasteiger partial charge on any atom is -0.472 e. The molecular formula is C41H44O9. The van der Waals surface area contributed by atoms with E-state index in [1.807, 2.05) is 18.2 Å². The molecule has 3 aliphatic carbocycles. The van der Waals surface area contributed by atoms with Crippen molar-refractivity contribution in [3.05, 3.63) is 107 Å². The number of carbonyl (C=O) groups excluding carboxylic acids is 3. The second-order valence-electron chi connectivity index (χ2n) is 15.5. The van der Waals surface area contributed by atoms with Gasteiger partial charge in [0.2, 0.25) is 0 Å². The van der Waals surface area contributed by atoms with Gasteiger partial charge in [0.05, 0.1) is 55.7 Å². The molecule has 8 rings (SSSR count). The molecule has 2 saturated heterocycles. The summed E-state index contributed by atoms with van der Waals surface area (Å²) in [6.45, 7) is 8.96. The number of hydrogen-bond donors (Lipinski definition) is 0. The van der Waals surface area contributed by atoms with E-state index in [-0.39, 0.29) is 48.8 Å². The third kappa shape index (κ3) is 4.69. The zero-order valence-electron chi connectivity index (χ0n) is 29.1. The number of ether oxygens (including phenoxy) is 5. The highest BCUT2D eigenvalue weighted by molar-refractivity contribution is 5.90. The molecule has 2 saturated carbocycles. The summed E-state index contributed by atoms with van der Waals surface area (Å²) in [6, 6.07) is 19.8. The Morgan fingerprint density at radius 3 is 2.10 bits per heavy atom. The second kappa shape index (κ2) is 11.9. The molecule has 1 aromatic heterocycles. The first-order valence-corrected chi connectivity index (χ1v) is 17.6. The van der Waals surface area contributed by atoms with Gasteiger partial charge in [-0.25, -0.2) is 9.59 Å². The van der Waals surface area contributed by atoms with Gasteiger partial charge >= 0.3 is 17.9 Å². The van der Waals surface area contributed by atoms with Gasteiger partial charge in [0.25, 0.3) is 0 Å². The zero-order chi connectivity index (χ0) is 35.0. The Hall–Kier alpha value is -4.21. The normalized spacial score (nSPS) is 38.2. The van der Waals surface area contributed by atoms with Gasteiger partial charge < -0.3 is 28.1 Å². The molecule has 0 unspecified atom stereocenters. The Labute approximate surface area is 292 Å². The van der Waals surface area contributed by atoms with Crippen LogP contribution in [0.2, 0.25) is 0 Å². The number of rotatable bonds is 7. The molecule has 9 heteroatoms. The van der Waals surface area contributed by atoms with Gasteiger partial charge in [-0.05, 0) is 60.7 Å². The first kappa shape index (κ1) is 33.0. The van der Waals surface area contributed by atoms with Crippen LogP contribution < -0.4 is 0 Å². The van der Waals surface area contributed by atoms with E-state index in [1.165, 1.54) is 18.3 Å². The molecule has 50 heavy (non-hydrogen) atoms. The zero-order valence-corrected chi connectivity index (χ0v) is 29.1. The highest BCUT2D eigenvalue weighted by Gasteiger charge is 2.78. The summed E-state index contributed by atoms with van der Waals surface area (Å²) in [4.78, 5) is 41.1. The lowest BCUT2D eigenvalue weighted by atomic mass is 9.40. The highest BCUT2D eigenvalue weighted by atomic mass is 16.6. The van der Waals surface area contributed by atoms with Gasteiger partial charge in [-0.15, -0.1) is 0 Å².